The number of ketones is 1. The van der Waals surface area contributed by atoms with Crippen LogP contribution < -0.4 is 9.47 Å². The molecule has 0 aliphatic rings. The molecule has 3 aromatic heterocycles. The number of carbonyl (C=O) groups excluding carboxylic acids is 1. The van der Waals surface area contributed by atoms with Gasteiger partial charge in [-0.25, -0.2) is 4.98 Å². The number of methoxy groups -OCH3 is 1. The average Bonchev–Trinajstić information content (AvgIpc) is 3.11. The van der Waals surface area contributed by atoms with E-state index in [1.807, 2.05) is 0 Å². The second-order valence-corrected chi connectivity index (χ2v) is 5.62. The zero-order valence-electron chi connectivity index (χ0n) is 14.0. The van der Waals surface area contributed by atoms with Crippen LogP contribution in [0.5, 0.6) is 17.2 Å². The molecule has 0 radical (unpaired) electrons. The average molecular weight is 345 g/mol. The van der Waals surface area contributed by atoms with Gasteiger partial charge >= 0.3 is 0 Å². The summed E-state index contributed by atoms with van der Waals surface area (Å²) in [5, 5.41) is 0.694. The molecule has 0 atom stereocenters. The summed E-state index contributed by atoms with van der Waals surface area (Å²) < 4.78 is 11.0. The Bertz CT molecular complexity index is 1070. The summed E-state index contributed by atoms with van der Waals surface area (Å²) in [6, 6.07) is 12.4. The molecule has 0 bridgehead atoms. The molecule has 26 heavy (non-hydrogen) atoms. The van der Waals surface area contributed by atoms with Gasteiger partial charge in [0.2, 0.25) is 0 Å². The largest absolute Gasteiger partial charge is 0.497 e. The fourth-order valence-electron chi connectivity index (χ4n) is 2.69. The van der Waals surface area contributed by atoms with Gasteiger partial charge in [-0.3, -0.25) is 9.78 Å². The number of nitrogens with zero attached hydrogens (tertiary/aromatic N) is 2. The van der Waals surface area contributed by atoms with E-state index in [0.29, 0.717) is 39.4 Å². The van der Waals surface area contributed by atoms with E-state index in [1.54, 1.807) is 74.4 Å². The van der Waals surface area contributed by atoms with Crippen LogP contribution in [0.25, 0.3) is 11.0 Å². The van der Waals surface area contributed by atoms with E-state index in [-0.39, 0.29) is 5.78 Å². The van der Waals surface area contributed by atoms with Gasteiger partial charge in [-0.15, -0.1) is 0 Å². The third kappa shape index (κ3) is 3.00. The lowest BCUT2D eigenvalue weighted by Gasteiger charge is -2.06. The van der Waals surface area contributed by atoms with Crippen molar-refractivity contribution < 1.29 is 14.3 Å². The van der Waals surface area contributed by atoms with Crippen molar-refractivity contribution in [2.75, 3.05) is 7.11 Å². The first-order valence-corrected chi connectivity index (χ1v) is 7.98. The summed E-state index contributed by atoms with van der Waals surface area (Å²) in [4.78, 5) is 24.3. The highest BCUT2D eigenvalue weighted by Crippen LogP contribution is 2.27. The highest BCUT2D eigenvalue weighted by Gasteiger charge is 2.16. The fraction of sp³-hybridized carbons (Fsp3) is 0.0500. The normalized spacial score (nSPS) is 10.7. The number of H-pyrrole nitrogens is 1. The summed E-state index contributed by atoms with van der Waals surface area (Å²) >= 11 is 0. The Morgan fingerprint density at radius 3 is 2.73 bits per heavy atom. The van der Waals surface area contributed by atoms with E-state index in [2.05, 4.69) is 15.0 Å². The van der Waals surface area contributed by atoms with Crippen LogP contribution in [-0.4, -0.2) is 27.8 Å². The Kier molecular flexibility index (Phi) is 4.07. The minimum Gasteiger partial charge on any atom is -0.497 e. The Hall–Kier alpha value is -3.67. The summed E-state index contributed by atoms with van der Waals surface area (Å²) in [7, 11) is 1.57. The number of pyridine rings is 2. The maximum Gasteiger partial charge on any atom is 0.195 e. The SMILES string of the molecule is COc1cccc(C(=O)c2c[nH]c3ncc(Oc4cccnc4)cc23)c1. The lowest BCUT2D eigenvalue weighted by molar-refractivity contribution is 0.104. The molecule has 0 saturated carbocycles. The third-order valence-electron chi connectivity index (χ3n) is 3.95. The number of fused-ring (bicyclic) bond motifs is 1. The van der Waals surface area contributed by atoms with Crippen LogP contribution in [0.15, 0.2) is 67.3 Å². The first kappa shape index (κ1) is 15.8. The van der Waals surface area contributed by atoms with Crippen molar-refractivity contribution in [3.8, 4) is 17.2 Å². The van der Waals surface area contributed by atoms with Crippen molar-refractivity contribution in [1.82, 2.24) is 15.0 Å². The number of nitrogens with one attached hydrogen (secondary N) is 1. The molecule has 6 heteroatoms. The maximum absolute atomic E-state index is 12.9. The number of aromatic amines is 1. The van der Waals surface area contributed by atoms with Crippen molar-refractivity contribution in [2.45, 2.75) is 0 Å². The Balaban J connectivity index is 1.71. The van der Waals surface area contributed by atoms with E-state index < -0.39 is 0 Å². The van der Waals surface area contributed by atoms with Gasteiger partial charge in [-0.1, -0.05) is 12.1 Å². The number of benzene rings is 1. The molecule has 0 saturated heterocycles. The molecule has 3 heterocycles. The predicted octanol–water partition coefficient (Wildman–Crippen LogP) is 3.99. The number of rotatable bonds is 5. The molecule has 0 spiro atoms. The van der Waals surface area contributed by atoms with Gasteiger partial charge in [0.05, 0.1) is 19.5 Å². The molecule has 0 amide bonds. The van der Waals surface area contributed by atoms with Gasteiger partial charge in [0.25, 0.3) is 0 Å². The van der Waals surface area contributed by atoms with Crippen molar-refractivity contribution >= 4 is 16.8 Å². The number of hydrogen-bond acceptors (Lipinski definition) is 5. The Morgan fingerprint density at radius 1 is 1.04 bits per heavy atom. The second-order valence-electron chi connectivity index (χ2n) is 5.62. The molecule has 128 valence electrons. The summed E-state index contributed by atoms with van der Waals surface area (Å²) in [6.45, 7) is 0. The fourth-order valence-corrected chi connectivity index (χ4v) is 2.69. The lowest BCUT2D eigenvalue weighted by Crippen LogP contribution is -2.01. The first-order valence-electron chi connectivity index (χ1n) is 7.98. The Labute approximate surface area is 149 Å². The third-order valence-corrected chi connectivity index (χ3v) is 3.95. The van der Waals surface area contributed by atoms with Crippen molar-refractivity contribution in [3.63, 3.8) is 0 Å². The van der Waals surface area contributed by atoms with Crippen molar-refractivity contribution in [1.29, 1.82) is 0 Å². The summed E-state index contributed by atoms with van der Waals surface area (Å²) in [6.07, 6.45) is 6.55. The Morgan fingerprint density at radius 2 is 1.92 bits per heavy atom. The van der Waals surface area contributed by atoms with Crippen LogP contribution in [0.4, 0.5) is 0 Å². The molecular formula is C20H15N3O3. The van der Waals surface area contributed by atoms with Crippen LogP contribution in [-0.2, 0) is 0 Å². The number of ether oxygens (including phenoxy) is 2. The summed E-state index contributed by atoms with van der Waals surface area (Å²) in [5.74, 6) is 1.65. The lowest BCUT2D eigenvalue weighted by atomic mass is 10.0. The minimum absolute atomic E-state index is 0.115. The quantitative estimate of drug-likeness (QED) is 0.553. The number of aromatic nitrogens is 3. The monoisotopic (exact) mass is 345 g/mol. The van der Waals surface area contributed by atoms with Crippen LogP contribution in [0, 0.1) is 0 Å². The van der Waals surface area contributed by atoms with Crippen LogP contribution in [0.3, 0.4) is 0 Å². The van der Waals surface area contributed by atoms with Gasteiger partial charge in [0.15, 0.2) is 5.78 Å². The molecule has 4 rings (SSSR count). The molecule has 1 N–H and O–H groups in total. The molecule has 0 aliphatic heterocycles. The van der Waals surface area contributed by atoms with E-state index in [1.165, 1.54) is 0 Å². The molecular weight excluding hydrogens is 330 g/mol. The first-order chi connectivity index (χ1) is 12.7. The smallest absolute Gasteiger partial charge is 0.195 e. The summed E-state index contributed by atoms with van der Waals surface area (Å²) in [5.41, 5.74) is 1.69. The van der Waals surface area contributed by atoms with Gasteiger partial charge in [0.1, 0.15) is 22.9 Å². The highest BCUT2D eigenvalue weighted by molar-refractivity contribution is 6.16. The second kappa shape index (κ2) is 6.68. The van der Waals surface area contributed by atoms with E-state index in [4.69, 9.17) is 9.47 Å². The topological polar surface area (TPSA) is 77.1 Å². The molecule has 1 aromatic carbocycles. The van der Waals surface area contributed by atoms with Crippen molar-refractivity contribution in [2.24, 2.45) is 0 Å². The number of hydrogen-bond donors (Lipinski definition) is 1. The maximum atomic E-state index is 12.9. The van der Waals surface area contributed by atoms with Crippen molar-refractivity contribution in [3.05, 3.63) is 78.4 Å². The van der Waals surface area contributed by atoms with E-state index >= 15 is 0 Å². The van der Waals surface area contributed by atoms with Gasteiger partial charge in [-0.05, 0) is 30.3 Å². The zero-order valence-corrected chi connectivity index (χ0v) is 14.0. The zero-order chi connectivity index (χ0) is 17.9. The predicted molar refractivity (Wildman–Crippen MR) is 96.8 cm³/mol. The minimum atomic E-state index is -0.115. The van der Waals surface area contributed by atoms with E-state index in [0.717, 1.165) is 0 Å². The van der Waals surface area contributed by atoms with E-state index in [9.17, 15) is 4.79 Å². The van der Waals surface area contributed by atoms with Gasteiger partial charge in [-0.2, -0.15) is 0 Å². The number of carbonyl (C=O) groups is 1. The standard InChI is InChI=1S/C20H15N3O3/c1-25-14-5-2-4-13(8-14)19(24)18-12-23-20-17(18)9-16(11-22-20)26-15-6-3-7-21-10-15/h2-12H,1H3,(H,22,23). The van der Waals surface area contributed by atoms with Crippen LogP contribution >= 0.6 is 0 Å². The molecule has 0 aliphatic carbocycles. The highest BCUT2D eigenvalue weighted by atomic mass is 16.5. The van der Waals surface area contributed by atoms with Gasteiger partial charge in [0, 0.05) is 28.9 Å². The van der Waals surface area contributed by atoms with Crippen LogP contribution in [0.1, 0.15) is 15.9 Å². The molecule has 0 fully saturated rings. The molecule has 4 aromatic rings. The van der Waals surface area contributed by atoms with Crippen LogP contribution in [0.2, 0.25) is 0 Å². The molecule has 6 nitrogen and oxygen atoms in total. The molecule has 0 unspecified atom stereocenters. The van der Waals surface area contributed by atoms with Gasteiger partial charge < -0.3 is 14.5 Å².